The second-order valence-electron chi connectivity index (χ2n) is 33.8. The van der Waals surface area contributed by atoms with Gasteiger partial charge >= 0.3 is 17.9 Å². The number of phenols is 1. The lowest BCUT2D eigenvalue weighted by atomic mass is 9.93. The van der Waals surface area contributed by atoms with Gasteiger partial charge < -0.3 is 124 Å². The van der Waals surface area contributed by atoms with Gasteiger partial charge in [0, 0.05) is 125 Å². The van der Waals surface area contributed by atoms with Crippen molar-refractivity contribution in [3.63, 3.8) is 0 Å². The van der Waals surface area contributed by atoms with E-state index in [1.165, 1.54) is 38.4 Å². The number of thioether (sulfide) groups is 1. The van der Waals surface area contributed by atoms with Gasteiger partial charge in [0.15, 0.2) is 5.78 Å². The molecule has 4 fully saturated rings. The number of aromatic amines is 2. The third-order valence-corrected chi connectivity index (χ3v) is 25.3. The van der Waals surface area contributed by atoms with E-state index in [-0.39, 0.29) is 83.0 Å². The van der Waals surface area contributed by atoms with Crippen molar-refractivity contribution in [3.8, 4) is 5.75 Å². The van der Waals surface area contributed by atoms with Crippen molar-refractivity contribution in [3.05, 3.63) is 102 Å². The lowest BCUT2D eigenvalue weighted by molar-refractivity contribution is -0.149. The zero-order valence-electron chi connectivity index (χ0n) is 74.5. The van der Waals surface area contributed by atoms with Crippen LogP contribution in [0.1, 0.15) is 146 Å². The third kappa shape index (κ3) is 28.5. The number of phenolic OH excluding ortho intramolecular Hbond substituents is 1. The lowest BCUT2D eigenvalue weighted by Gasteiger charge is -2.38. The van der Waals surface area contributed by atoms with Crippen molar-refractivity contribution in [2.45, 2.75) is 233 Å². The molecule has 21 N–H and O–H groups in total. The number of piperidine rings is 1. The fraction of sp³-hybridized carbons (Fsp3) is 0.539. The first-order chi connectivity index (χ1) is 63.4. The number of Topliss-reactive ketones (excluding diaryl/α,β-unsaturated/α-hetero) is 1. The summed E-state index contributed by atoms with van der Waals surface area (Å²) >= 11 is 0.704. The molecule has 0 radical (unpaired) electrons. The molecule has 15 atom stereocenters. The molecule has 0 unspecified atom stereocenters. The Kier molecular flexibility index (Phi) is 38.5. The largest absolute Gasteiger partial charge is 0.508 e. The van der Waals surface area contributed by atoms with E-state index in [4.69, 9.17) is 11.5 Å². The fourth-order valence-corrected chi connectivity index (χ4v) is 17.8. The first-order valence-electron chi connectivity index (χ1n) is 44.5. The Bertz CT molecular complexity index is 5070. The quantitative estimate of drug-likeness (QED) is 0.0292. The predicted octanol–water partition coefficient (Wildman–Crippen LogP) is -2.29. The number of nitrogens with one attached hydrogen (secondary N) is 11. The maximum Gasteiger partial charge on any atom is 0.305 e. The van der Waals surface area contributed by atoms with Gasteiger partial charge in [0.2, 0.25) is 88.6 Å². The van der Waals surface area contributed by atoms with Gasteiger partial charge in [-0.15, -0.1) is 11.8 Å². The summed E-state index contributed by atoms with van der Waals surface area (Å²) in [6, 6.07) is -2.01. The normalized spacial score (nSPS) is 25.5. The number of benzene rings is 3. The molecule has 722 valence electrons. The summed E-state index contributed by atoms with van der Waals surface area (Å²) in [4.78, 5) is 285. The minimum atomic E-state index is -1.93. The molecule has 44 heteroatoms. The zero-order valence-corrected chi connectivity index (χ0v) is 75.3. The van der Waals surface area contributed by atoms with Crippen LogP contribution in [0.5, 0.6) is 5.75 Å². The number of hydrogen-bond acceptors (Lipinski definition) is 24. The highest BCUT2D eigenvalue weighted by atomic mass is 32.2. The maximum atomic E-state index is 15.7. The van der Waals surface area contributed by atoms with Crippen LogP contribution in [-0.2, 0) is 110 Å². The van der Waals surface area contributed by atoms with Gasteiger partial charge in [-0.25, -0.2) is 0 Å². The van der Waals surface area contributed by atoms with Crippen LogP contribution >= 0.6 is 11.8 Å². The third-order valence-electron chi connectivity index (χ3n) is 24.2. The number of fused-ring (bicyclic) bond motifs is 5. The van der Waals surface area contributed by atoms with Crippen molar-refractivity contribution in [1.29, 1.82) is 0 Å². The number of aromatic nitrogens is 2. The molecule has 4 aliphatic heterocycles. The van der Waals surface area contributed by atoms with E-state index < -0.39 is 286 Å². The topological polar surface area (TPSA) is 654 Å². The SMILES string of the molecule is CCCC[C@H]1C(=O)N(C)[C@@H](CCCC)C(=O)N[C@@H](CCC(=O)O)C(=O)N[C@H](C(=O)NCC(N)=O)CSCC(=O)N[C@@H](Cc2ccc(O)cc2)C(=O)N2CCCC[C@H]2C(=O)N[C@@H](CC(=O)O)C(=O)N2CCC[C@H]2C(=O)N[C@@H](CN)C(=O)N[C@@H](CCC(=O)O)C(=O)N2C[C@H](O)C[C@H]2C(=O)N[C@@H](Cc2c[nH]c3ccccc23)C(=O)C[C@@H](CO)C(=O)N[C@@H](Cc2c[nH]c3ccccc23)C(=O)N1C. The Morgan fingerprint density at radius 3 is 1.60 bits per heavy atom. The number of likely N-dealkylation sites (N-methyl/N-ethyl adjacent to an activating group) is 2. The van der Waals surface area contributed by atoms with E-state index in [1.807, 2.05) is 6.92 Å². The van der Waals surface area contributed by atoms with Crippen LogP contribution in [0, 0.1) is 5.92 Å². The van der Waals surface area contributed by atoms with Crippen LogP contribution in [0.4, 0.5) is 0 Å². The zero-order chi connectivity index (χ0) is 97.0. The molecular formula is C89H120N18O25S. The van der Waals surface area contributed by atoms with Gasteiger partial charge in [-0.3, -0.25) is 91.1 Å². The van der Waals surface area contributed by atoms with Gasteiger partial charge in [0.05, 0.1) is 43.4 Å². The van der Waals surface area contributed by atoms with Gasteiger partial charge in [-0.2, -0.15) is 0 Å². The van der Waals surface area contributed by atoms with Crippen molar-refractivity contribution < 1.29 is 122 Å². The number of hydrogen-bond donors (Lipinski definition) is 19. The molecule has 133 heavy (non-hydrogen) atoms. The predicted molar refractivity (Wildman–Crippen MR) is 478 cm³/mol. The monoisotopic (exact) mass is 1870 g/mol. The average molecular weight is 1870 g/mol. The molecule has 43 nitrogen and oxygen atoms in total. The van der Waals surface area contributed by atoms with Gasteiger partial charge in [-0.1, -0.05) is 88.1 Å². The Hall–Kier alpha value is -13.1. The number of para-hydroxylation sites is 2. The molecule has 0 aliphatic carbocycles. The molecule has 2 aromatic heterocycles. The number of aliphatic hydroxyl groups is 2. The number of amides is 15. The molecule has 3 aromatic carbocycles. The Labute approximate surface area is 769 Å². The minimum Gasteiger partial charge on any atom is -0.508 e. The molecule has 0 bridgehead atoms. The van der Waals surface area contributed by atoms with E-state index >= 15 is 38.4 Å². The minimum absolute atomic E-state index is 0.0532. The summed E-state index contributed by atoms with van der Waals surface area (Å²) in [6.07, 6.45) is -2.65. The summed E-state index contributed by atoms with van der Waals surface area (Å²) in [6.45, 7) is 0.115. The number of aliphatic hydroxyl groups excluding tert-OH is 2. The van der Waals surface area contributed by atoms with Crippen LogP contribution in [-0.4, -0.2) is 327 Å². The van der Waals surface area contributed by atoms with Gasteiger partial charge in [-0.05, 0) is 98.7 Å². The number of carbonyl (C=O) groups excluding carboxylic acids is 16. The van der Waals surface area contributed by atoms with Crippen LogP contribution in [0.3, 0.4) is 0 Å². The van der Waals surface area contributed by atoms with Gasteiger partial charge in [0.25, 0.3) is 0 Å². The molecule has 4 aliphatic rings. The number of aliphatic carboxylic acids is 3. The average Bonchev–Trinajstić information content (AvgIpc) is 1.16. The van der Waals surface area contributed by atoms with Crippen LogP contribution in [0.25, 0.3) is 21.8 Å². The van der Waals surface area contributed by atoms with Crippen LogP contribution in [0.15, 0.2) is 85.2 Å². The summed E-state index contributed by atoms with van der Waals surface area (Å²) in [5.41, 5.74) is 14.1. The highest BCUT2D eigenvalue weighted by molar-refractivity contribution is 8.00. The highest BCUT2D eigenvalue weighted by Crippen LogP contribution is 2.29. The molecule has 4 saturated heterocycles. The van der Waals surface area contributed by atoms with Crippen LogP contribution < -0.4 is 59.3 Å². The number of rotatable bonds is 25. The van der Waals surface area contributed by atoms with E-state index in [0.717, 1.165) is 24.5 Å². The number of nitrogens with two attached hydrogens (primary N) is 2. The molecule has 0 spiro atoms. The summed E-state index contributed by atoms with van der Waals surface area (Å²) in [5.74, 6) is -23.6. The smallest absolute Gasteiger partial charge is 0.305 e. The fourth-order valence-electron chi connectivity index (χ4n) is 17.0. The van der Waals surface area contributed by atoms with E-state index in [2.05, 4.69) is 57.8 Å². The number of carboxylic acids is 3. The number of H-pyrrole nitrogens is 2. The lowest BCUT2D eigenvalue weighted by Crippen LogP contribution is -2.62. The first-order valence-corrected chi connectivity index (χ1v) is 45.6. The highest BCUT2D eigenvalue weighted by Gasteiger charge is 2.47. The number of aromatic hydroxyl groups is 1. The Morgan fingerprint density at radius 2 is 1.02 bits per heavy atom. The van der Waals surface area contributed by atoms with E-state index in [0.29, 0.717) is 75.9 Å². The molecule has 5 aromatic rings. The Morgan fingerprint density at radius 1 is 0.511 bits per heavy atom. The second-order valence-corrected chi connectivity index (χ2v) is 34.9. The van der Waals surface area contributed by atoms with E-state index in [1.54, 1.807) is 67.8 Å². The van der Waals surface area contributed by atoms with Gasteiger partial charge in [0.1, 0.15) is 78.3 Å². The standard InChI is InChI=1S/C89H120N18O25S/c1-5-7-20-66-81(124)96-58(28-30-74(114)115)79(122)102-65(78(121)94-43-72(91)112)46-133-47-73(113)95-61(34-48-24-26-52(109)27-25-48)87(130)105-32-14-13-22-67(105)82(125)100-63(39-76(118)119)88(131)106-33-15-23-68(106)83(126)101-64(40-90)80(123)97-59(29-31-75(116)117)86(129)107-44-53(110)38-70(107)84(127)98-60(35-49-41-92-56-18-11-9-16-54(49)56)71(111)37-51(45-108)77(120)99-62(36-50-42-93-57-19-12-10-17-55(50)57)85(128)104(4)69(21-8-6-2)89(132)103(66)3/h9-12,16-19,24-27,41-42,51,53,58-70,92-93,108-110H,5-8,13-15,20-23,28-40,43-47,90H2,1-4H3,(H2,91,112)(H,94,121)(H,95,113)(H,96,124)(H,97,123)(H,98,127)(H,99,120)(H,100,125)(H,101,126)(H,102,122)(H,114,115)(H,116,117)(H,118,119)/t51-,53+,58-,59-,60-,61-,62-,63-,64-,65-,66-,67-,68-,69-,70-/m0/s1. The summed E-state index contributed by atoms with van der Waals surface area (Å²) in [7, 11) is 2.58. The molecule has 0 saturated carbocycles. The summed E-state index contributed by atoms with van der Waals surface area (Å²) < 4.78 is 0. The van der Waals surface area contributed by atoms with Crippen molar-refractivity contribution in [2.24, 2.45) is 17.4 Å². The van der Waals surface area contributed by atoms with Crippen molar-refractivity contribution >= 4 is 146 Å². The maximum absolute atomic E-state index is 15.7. The van der Waals surface area contributed by atoms with Crippen molar-refractivity contribution in [2.75, 3.05) is 64.9 Å². The van der Waals surface area contributed by atoms with E-state index in [9.17, 15) is 83.4 Å². The summed E-state index contributed by atoms with van der Waals surface area (Å²) in [5, 5.41) is 87.1. The van der Waals surface area contributed by atoms with Crippen LogP contribution in [0.2, 0.25) is 0 Å². The number of ketones is 1. The Balaban J connectivity index is 1.09. The number of primary amides is 1. The number of nitrogens with zero attached hydrogens (tertiary/aromatic N) is 5. The molecule has 6 heterocycles. The first kappa shape index (κ1) is 104. The molecule has 9 rings (SSSR count). The molecule has 15 amide bonds. The van der Waals surface area contributed by atoms with Crippen molar-refractivity contribution in [1.82, 2.24) is 82.3 Å². The second kappa shape index (κ2) is 49.4. The molecular weight excluding hydrogens is 1750 g/mol. The number of carbonyl (C=O) groups is 19. The number of carboxylic acid groups (broad SMARTS) is 3. The number of unbranched alkanes of at least 4 members (excludes halogenated alkanes) is 2.